The molecule has 2 aromatic carbocycles. The number of ether oxygens (including phenoxy) is 1. The van der Waals surface area contributed by atoms with Gasteiger partial charge in [-0.15, -0.1) is 0 Å². The monoisotopic (exact) mass is 362 g/mol. The van der Waals surface area contributed by atoms with Gasteiger partial charge in [-0.05, 0) is 37.1 Å². The van der Waals surface area contributed by atoms with Crippen molar-refractivity contribution in [1.82, 2.24) is 10.3 Å². The van der Waals surface area contributed by atoms with Crippen molar-refractivity contribution in [1.29, 1.82) is 0 Å². The largest absolute Gasteiger partial charge is 0.508 e. The van der Waals surface area contributed by atoms with E-state index in [9.17, 15) is 9.90 Å². The van der Waals surface area contributed by atoms with Crippen LogP contribution in [0.3, 0.4) is 0 Å². The number of phenols is 1. The quantitative estimate of drug-likeness (QED) is 0.694. The summed E-state index contributed by atoms with van der Waals surface area (Å²) in [4.78, 5) is 16.6. The van der Waals surface area contributed by atoms with Gasteiger partial charge in [0.25, 0.3) is 0 Å². The maximum atomic E-state index is 12.2. The number of aromatic nitrogens is 1. The van der Waals surface area contributed by atoms with Crippen molar-refractivity contribution in [3.8, 4) is 17.4 Å². The van der Waals surface area contributed by atoms with Crippen LogP contribution in [0.5, 0.6) is 17.4 Å². The van der Waals surface area contributed by atoms with Crippen LogP contribution in [0.2, 0.25) is 0 Å². The molecule has 0 spiro atoms. The Labute approximate surface area is 158 Å². The highest BCUT2D eigenvalue weighted by molar-refractivity contribution is 5.79. The summed E-state index contributed by atoms with van der Waals surface area (Å²) < 4.78 is 6.04. The van der Waals surface area contributed by atoms with Crippen LogP contribution in [0.15, 0.2) is 60.8 Å². The van der Waals surface area contributed by atoms with Crippen LogP contribution in [0.25, 0.3) is 0 Å². The average Bonchev–Trinajstić information content (AvgIpc) is 2.66. The number of pyridine rings is 1. The van der Waals surface area contributed by atoms with Gasteiger partial charge in [-0.2, -0.15) is 0 Å². The van der Waals surface area contributed by atoms with E-state index < -0.39 is 0 Å². The number of nitrogens with one attached hydrogen (secondary N) is 1. The van der Waals surface area contributed by atoms with Gasteiger partial charge >= 0.3 is 0 Å². The van der Waals surface area contributed by atoms with Crippen molar-refractivity contribution in [2.45, 2.75) is 26.8 Å². The summed E-state index contributed by atoms with van der Waals surface area (Å²) in [5.74, 6) is 1.18. The van der Waals surface area contributed by atoms with Crippen LogP contribution in [0.4, 0.5) is 0 Å². The minimum Gasteiger partial charge on any atom is -0.508 e. The molecule has 5 nitrogen and oxygen atoms in total. The predicted octanol–water partition coefficient (Wildman–Crippen LogP) is 4.06. The molecule has 0 bridgehead atoms. The van der Waals surface area contributed by atoms with E-state index in [0.29, 0.717) is 18.0 Å². The molecule has 138 valence electrons. The molecule has 0 aliphatic carbocycles. The number of para-hydroxylation sites is 2. The van der Waals surface area contributed by atoms with Gasteiger partial charge in [0, 0.05) is 23.9 Å². The van der Waals surface area contributed by atoms with Gasteiger partial charge in [-0.3, -0.25) is 4.79 Å². The molecule has 0 saturated carbocycles. The van der Waals surface area contributed by atoms with Crippen molar-refractivity contribution in [2.24, 2.45) is 0 Å². The second kappa shape index (κ2) is 8.36. The highest BCUT2D eigenvalue weighted by Gasteiger charge is 2.12. The van der Waals surface area contributed by atoms with Gasteiger partial charge in [0.1, 0.15) is 11.5 Å². The number of hydrogen-bond acceptors (Lipinski definition) is 4. The molecule has 0 aliphatic rings. The molecule has 3 rings (SSSR count). The predicted molar refractivity (Wildman–Crippen MR) is 104 cm³/mol. The minimum absolute atomic E-state index is 0.111. The van der Waals surface area contributed by atoms with E-state index >= 15 is 0 Å². The van der Waals surface area contributed by atoms with Crippen molar-refractivity contribution < 1.29 is 14.6 Å². The summed E-state index contributed by atoms with van der Waals surface area (Å²) in [6.45, 7) is 4.26. The lowest BCUT2D eigenvalue weighted by Gasteiger charge is -2.14. The number of phenolic OH excluding ortho intramolecular Hbond substituents is 1. The molecule has 5 heteroatoms. The summed E-state index contributed by atoms with van der Waals surface area (Å²) in [6.07, 6.45) is 1.77. The Morgan fingerprint density at radius 3 is 2.44 bits per heavy atom. The minimum atomic E-state index is -0.182. The summed E-state index contributed by atoms with van der Waals surface area (Å²) in [5.41, 5.74) is 3.42. The number of amides is 1. The fourth-order valence-corrected chi connectivity index (χ4v) is 2.80. The highest BCUT2D eigenvalue weighted by Crippen LogP contribution is 2.29. The molecular weight excluding hydrogens is 340 g/mol. The van der Waals surface area contributed by atoms with E-state index in [-0.39, 0.29) is 18.1 Å². The molecule has 1 amide bonds. The SMILES string of the molecule is Cc1cccc(C)c1Oc1ncccc1CNC(=O)Cc1ccccc1O. The topological polar surface area (TPSA) is 71.5 Å². The van der Waals surface area contributed by atoms with E-state index in [0.717, 1.165) is 22.4 Å². The number of aryl methyl sites for hydroxylation is 2. The summed E-state index contributed by atoms with van der Waals surface area (Å²) >= 11 is 0. The lowest BCUT2D eigenvalue weighted by atomic mass is 10.1. The summed E-state index contributed by atoms with van der Waals surface area (Å²) in [6, 6.07) is 16.4. The molecule has 0 unspecified atom stereocenters. The lowest BCUT2D eigenvalue weighted by molar-refractivity contribution is -0.120. The molecule has 0 fully saturated rings. The number of carbonyl (C=O) groups excluding carboxylic acids is 1. The van der Waals surface area contributed by atoms with Gasteiger partial charge in [-0.25, -0.2) is 4.98 Å². The molecule has 2 N–H and O–H groups in total. The first-order valence-electron chi connectivity index (χ1n) is 8.76. The van der Waals surface area contributed by atoms with Crippen LogP contribution in [0.1, 0.15) is 22.3 Å². The molecule has 27 heavy (non-hydrogen) atoms. The Morgan fingerprint density at radius 1 is 1.00 bits per heavy atom. The van der Waals surface area contributed by atoms with Gasteiger partial charge in [0.15, 0.2) is 0 Å². The smallest absolute Gasteiger partial charge is 0.224 e. The molecule has 0 saturated heterocycles. The Hall–Kier alpha value is -3.34. The van der Waals surface area contributed by atoms with Crippen LogP contribution in [0, 0.1) is 13.8 Å². The molecule has 1 aromatic heterocycles. The van der Waals surface area contributed by atoms with Crippen LogP contribution in [-0.4, -0.2) is 16.0 Å². The fraction of sp³-hybridized carbons (Fsp3) is 0.182. The number of hydrogen-bond donors (Lipinski definition) is 2. The van der Waals surface area contributed by atoms with E-state index in [1.807, 2.05) is 44.2 Å². The van der Waals surface area contributed by atoms with E-state index in [4.69, 9.17) is 4.74 Å². The molecule has 1 heterocycles. The van der Waals surface area contributed by atoms with Crippen LogP contribution in [-0.2, 0) is 17.8 Å². The van der Waals surface area contributed by atoms with Crippen LogP contribution < -0.4 is 10.1 Å². The molecule has 0 aliphatic heterocycles. The second-order valence-electron chi connectivity index (χ2n) is 6.37. The maximum Gasteiger partial charge on any atom is 0.224 e. The highest BCUT2D eigenvalue weighted by atomic mass is 16.5. The first-order valence-corrected chi connectivity index (χ1v) is 8.76. The third-order valence-corrected chi connectivity index (χ3v) is 4.28. The summed E-state index contributed by atoms with van der Waals surface area (Å²) in [7, 11) is 0. The zero-order valence-corrected chi connectivity index (χ0v) is 15.4. The molecule has 3 aromatic rings. The van der Waals surface area contributed by atoms with Gasteiger partial charge in [0.2, 0.25) is 11.8 Å². The molecular formula is C22H22N2O3. The van der Waals surface area contributed by atoms with Crippen molar-refractivity contribution in [3.63, 3.8) is 0 Å². The van der Waals surface area contributed by atoms with Crippen LogP contribution >= 0.6 is 0 Å². The third kappa shape index (κ3) is 4.64. The summed E-state index contributed by atoms with van der Waals surface area (Å²) in [5, 5.41) is 12.7. The fourth-order valence-electron chi connectivity index (χ4n) is 2.80. The zero-order chi connectivity index (χ0) is 19.2. The first kappa shape index (κ1) is 18.5. The lowest BCUT2D eigenvalue weighted by Crippen LogP contribution is -2.24. The number of aromatic hydroxyl groups is 1. The van der Waals surface area contributed by atoms with E-state index in [1.54, 1.807) is 30.5 Å². The Morgan fingerprint density at radius 2 is 1.70 bits per heavy atom. The van der Waals surface area contributed by atoms with Crippen molar-refractivity contribution in [2.75, 3.05) is 0 Å². The van der Waals surface area contributed by atoms with Gasteiger partial charge in [-0.1, -0.05) is 42.5 Å². The zero-order valence-electron chi connectivity index (χ0n) is 15.4. The third-order valence-electron chi connectivity index (χ3n) is 4.28. The van der Waals surface area contributed by atoms with Crippen molar-refractivity contribution in [3.05, 3.63) is 83.0 Å². The maximum absolute atomic E-state index is 12.2. The second-order valence-corrected chi connectivity index (χ2v) is 6.37. The normalized spacial score (nSPS) is 10.4. The number of benzene rings is 2. The number of nitrogens with zero attached hydrogens (tertiary/aromatic N) is 1. The first-order chi connectivity index (χ1) is 13.0. The van der Waals surface area contributed by atoms with E-state index in [1.165, 1.54) is 0 Å². The average molecular weight is 362 g/mol. The Bertz CT molecular complexity index is 934. The molecule has 0 radical (unpaired) electrons. The number of carbonyl (C=O) groups is 1. The van der Waals surface area contributed by atoms with Gasteiger partial charge in [0.05, 0.1) is 6.42 Å². The van der Waals surface area contributed by atoms with E-state index in [2.05, 4.69) is 10.3 Å². The molecule has 0 atom stereocenters. The Kier molecular flexibility index (Phi) is 5.71. The standard InChI is InChI=1S/C22H22N2O3/c1-15-7-5-8-16(2)21(15)27-22-18(10-6-12-23-22)14-24-20(26)13-17-9-3-4-11-19(17)25/h3-12,25H,13-14H2,1-2H3,(H,24,26). The number of rotatable bonds is 6. The van der Waals surface area contributed by atoms with Gasteiger partial charge < -0.3 is 15.2 Å². The van der Waals surface area contributed by atoms with Crippen molar-refractivity contribution >= 4 is 5.91 Å². The Balaban J connectivity index is 1.69.